The summed E-state index contributed by atoms with van der Waals surface area (Å²) in [4.78, 5) is 0. The van der Waals surface area contributed by atoms with Crippen molar-refractivity contribution in [2.24, 2.45) is 0 Å². The molecule has 0 saturated heterocycles. The van der Waals surface area contributed by atoms with Gasteiger partial charge in [0.1, 0.15) is 0 Å². The standard InChI is InChI=1S/C26H20O3.2ClH.Ti/c1-16-14-19(15-29-16)24(22-12-10-17-6-2-4-8-20(17)25(22)27)23-13-11-18-7-3-5-9-21(18)26(23)28;;;/h2-15,24,27-28H,1H3;2*1H;/q;;;+4/p-4. The van der Waals surface area contributed by atoms with Gasteiger partial charge in [0.05, 0.1) is 0 Å². The van der Waals surface area contributed by atoms with Gasteiger partial charge in [-0.3, -0.25) is 0 Å². The SMILES string of the molecule is Cc1cc(C2c3ccc4ccccc4c3[O][Ti+2][O]c3c2ccc2ccccc32)co1.[Cl-].[Cl-]. The van der Waals surface area contributed by atoms with Gasteiger partial charge in [0.25, 0.3) is 0 Å². The largest absolute Gasteiger partial charge is 1.00 e. The summed E-state index contributed by atoms with van der Waals surface area (Å²) >= 11 is -1.12. The van der Waals surface area contributed by atoms with Crippen LogP contribution in [0.25, 0.3) is 21.5 Å². The summed E-state index contributed by atoms with van der Waals surface area (Å²) in [6.45, 7) is 1.98. The van der Waals surface area contributed by atoms with E-state index in [1.54, 1.807) is 0 Å². The Kier molecular flexibility index (Phi) is 6.55. The minimum atomic E-state index is -1.12. The van der Waals surface area contributed by atoms with E-state index < -0.39 is 19.9 Å². The molecule has 6 rings (SSSR count). The number of rotatable bonds is 1. The fourth-order valence-corrected chi connectivity index (χ4v) is 5.48. The van der Waals surface area contributed by atoms with Gasteiger partial charge in [-0.25, -0.2) is 0 Å². The molecule has 0 N–H and O–H groups in total. The van der Waals surface area contributed by atoms with Crippen LogP contribution in [0, 0.1) is 6.92 Å². The second kappa shape index (κ2) is 9.21. The van der Waals surface area contributed by atoms with Crippen molar-refractivity contribution in [3.8, 4) is 11.5 Å². The maximum absolute atomic E-state index is 6.38. The van der Waals surface area contributed by atoms with Crippen LogP contribution in [0.4, 0.5) is 0 Å². The number of halogens is 2. The van der Waals surface area contributed by atoms with E-state index in [1.807, 2.05) is 13.2 Å². The molecule has 6 heteroatoms. The minimum absolute atomic E-state index is 0. The van der Waals surface area contributed by atoms with Crippen molar-refractivity contribution >= 4 is 21.5 Å². The van der Waals surface area contributed by atoms with E-state index in [0.717, 1.165) is 44.7 Å². The van der Waals surface area contributed by atoms with Gasteiger partial charge >= 0.3 is 184 Å². The van der Waals surface area contributed by atoms with Gasteiger partial charge in [-0.05, 0) is 0 Å². The summed E-state index contributed by atoms with van der Waals surface area (Å²) in [6.07, 6.45) is 1.86. The number of fused-ring (bicyclic) bond motifs is 6. The van der Waals surface area contributed by atoms with Crippen molar-refractivity contribution in [1.82, 2.24) is 0 Å². The molecule has 0 aliphatic carbocycles. The molecule has 0 saturated carbocycles. The number of benzene rings is 4. The van der Waals surface area contributed by atoms with Gasteiger partial charge in [0.2, 0.25) is 0 Å². The Labute approximate surface area is 208 Å². The zero-order valence-electron chi connectivity index (χ0n) is 17.1. The van der Waals surface area contributed by atoms with E-state index in [0.29, 0.717) is 0 Å². The molecule has 1 aliphatic heterocycles. The molecular weight excluding hydrogens is 479 g/mol. The average Bonchev–Trinajstić information content (AvgIpc) is 3.19. The number of hydrogen-bond donors (Lipinski definition) is 0. The van der Waals surface area contributed by atoms with Crippen LogP contribution in [0.3, 0.4) is 0 Å². The molecule has 0 amide bonds. The Hall–Kier alpha value is -2.43. The molecule has 0 bridgehead atoms. The second-order valence-corrected chi connectivity index (χ2v) is 8.52. The molecule has 158 valence electrons. The Bertz CT molecular complexity index is 1330. The molecule has 4 aromatic carbocycles. The van der Waals surface area contributed by atoms with Crippen LogP contribution in [0.2, 0.25) is 0 Å². The van der Waals surface area contributed by atoms with Crippen molar-refractivity contribution in [2.75, 3.05) is 0 Å². The zero-order chi connectivity index (χ0) is 20.1. The first-order chi connectivity index (χ1) is 14.8. The van der Waals surface area contributed by atoms with Gasteiger partial charge in [-0.1, -0.05) is 0 Å². The first kappa shape index (κ1) is 22.8. The third kappa shape index (κ3) is 3.70. The molecule has 1 aliphatic rings. The third-order valence-corrected chi connectivity index (χ3v) is 6.71. The summed E-state index contributed by atoms with van der Waals surface area (Å²) in [5.41, 5.74) is 3.41. The molecule has 0 unspecified atom stereocenters. The van der Waals surface area contributed by atoms with E-state index in [1.165, 1.54) is 10.8 Å². The summed E-state index contributed by atoms with van der Waals surface area (Å²) in [6, 6.07) is 27.6. The monoisotopic (exact) mass is 496 g/mol. The van der Waals surface area contributed by atoms with Crippen LogP contribution >= 0.6 is 0 Å². The Morgan fingerprint density at radius 3 is 1.72 bits per heavy atom. The molecule has 0 atom stereocenters. The Morgan fingerprint density at radius 2 is 1.22 bits per heavy atom. The summed E-state index contributed by atoms with van der Waals surface area (Å²) < 4.78 is 18.5. The van der Waals surface area contributed by atoms with Crippen molar-refractivity contribution in [2.45, 2.75) is 12.8 Å². The first-order valence-corrected chi connectivity index (χ1v) is 11.2. The minimum Gasteiger partial charge on any atom is -1.00 e. The van der Waals surface area contributed by atoms with Crippen LogP contribution in [0.5, 0.6) is 11.5 Å². The van der Waals surface area contributed by atoms with E-state index in [2.05, 4.69) is 78.9 Å². The van der Waals surface area contributed by atoms with Crippen molar-refractivity contribution in [3.63, 3.8) is 0 Å². The second-order valence-electron chi connectivity index (χ2n) is 7.62. The topological polar surface area (TPSA) is 31.6 Å². The molecule has 5 aromatic rings. The summed E-state index contributed by atoms with van der Waals surface area (Å²) in [7, 11) is 0. The number of furan rings is 1. The third-order valence-electron chi connectivity index (χ3n) is 5.81. The smallest absolute Gasteiger partial charge is 1.00 e. The van der Waals surface area contributed by atoms with Crippen LogP contribution in [-0.2, 0) is 19.9 Å². The van der Waals surface area contributed by atoms with E-state index in [4.69, 9.17) is 11.1 Å². The maximum atomic E-state index is 6.38. The molecule has 2 heterocycles. The van der Waals surface area contributed by atoms with Crippen molar-refractivity contribution in [3.05, 3.63) is 108 Å². The summed E-state index contributed by atoms with van der Waals surface area (Å²) in [5, 5.41) is 4.59. The van der Waals surface area contributed by atoms with Gasteiger partial charge < -0.3 is 24.8 Å². The van der Waals surface area contributed by atoms with Crippen LogP contribution in [-0.4, -0.2) is 0 Å². The van der Waals surface area contributed by atoms with Crippen LogP contribution in [0.1, 0.15) is 28.4 Å². The molecule has 0 spiro atoms. The Morgan fingerprint density at radius 1 is 0.688 bits per heavy atom. The predicted molar refractivity (Wildman–Crippen MR) is 114 cm³/mol. The zero-order valence-corrected chi connectivity index (χ0v) is 20.2. The Balaban J connectivity index is 0.00000122. The molecule has 3 nitrogen and oxygen atoms in total. The molecule has 0 fully saturated rings. The maximum Gasteiger partial charge on any atom is -1.00 e. The van der Waals surface area contributed by atoms with E-state index in [-0.39, 0.29) is 30.7 Å². The first-order valence-electron chi connectivity index (χ1n) is 9.96. The van der Waals surface area contributed by atoms with Gasteiger partial charge in [0, 0.05) is 0 Å². The van der Waals surface area contributed by atoms with Gasteiger partial charge in [-0.15, -0.1) is 0 Å². The molecular formula is C26H18Cl2O3Ti. The predicted octanol–water partition coefficient (Wildman–Crippen LogP) is 0.766. The molecule has 1 aromatic heterocycles. The fourth-order valence-electron chi connectivity index (χ4n) is 4.45. The van der Waals surface area contributed by atoms with Crippen molar-refractivity contribution in [1.29, 1.82) is 0 Å². The van der Waals surface area contributed by atoms with E-state index >= 15 is 0 Å². The fraction of sp³-hybridized carbons (Fsp3) is 0.0769. The molecule has 0 radical (unpaired) electrons. The van der Waals surface area contributed by atoms with Gasteiger partial charge in [-0.2, -0.15) is 0 Å². The van der Waals surface area contributed by atoms with Gasteiger partial charge in [0.15, 0.2) is 0 Å². The van der Waals surface area contributed by atoms with Crippen molar-refractivity contribution < 1.29 is 55.8 Å². The quantitative estimate of drug-likeness (QED) is 0.321. The normalized spacial score (nSPS) is 12.4. The van der Waals surface area contributed by atoms with Crippen LogP contribution in [0.15, 0.2) is 89.5 Å². The number of aryl methyl sites for hydroxylation is 1. The summed E-state index contributed by atoms with van der Waals surface area (Å²) in [5.74, 6) is 2.71. The average molecular weight is 497 g/mol. The molecule has 32 heavy (non-hydrogen) atoms. The van der Waals surface area contributed by atoms with Crippen LogP contribution < -0.4 is 31.5 Å². The number of hydrogen-bond acceptors (Lipinski definition) is 3. The van der Waals surface area contributed by atoms with E-state index in [9.17, 15) is 0 Å².